The molecule has 0 bridgehead atoms. The van der Waals surface area contributed by atoms with Gasteiger partial charge in [0, 0.05) is 6.20 Å². The molecule has 1 aromatic heterocycles. The fourth-order valence-corrected chi connectivity index (χ4v) is 0.633. The highest BCUT2D eigenvalue weighted by molar-refractivity contribution is 7.24. The van der Waals surface area contributed by atoms with Crippen molar-refractivity contribution >= 4 is 8.35 Å². The van der Waals surface area contributed by atoms with Crippen LogP contribution in [0.1, 0.15) is 0 Å². The smallest absolute Gasteiger partial charge is 0.0244 e. The Morgan fingerprint density at radius 3 is 2.67 bits per heavy atom. The van der Waals surface area contributed by atoms with E-state index in [4.69, 9.17) is 0 Å². The lowest BCUT2D eigenvalue weighted by atomic mass is 11.0. The molecule has 0 fully saturated rings. The summed E-state index contributed by atoms with van der Waals surface area (Å²) >= 11 is 0. The minimum absolute atomic E-state index is 0.698. The summed E-state index contributed by atoms with van der Waals surface area (Å²) in [4.78, 5) is 2.86. The van der Waals surface area contributed by atoms with Crippen molar-refractivity contribution < 1.29 is 0 Å². The van der Waals surface area contributed by atoms with Gasteiger partial charge in [-0.25, -0.2) is 5.21 Å². The Kier molecular flexibility index (Phi) is 1.07. The van der Waals surface area contributed by atoms with Gasteiger partial charge in [0.1, 0.15) is 0 Å². The molecule has 0 aromatic carbocycles. The molecule has 6 heavy (non-hydrogen) atoms. The van der Waals surface area contributed by atoms with Crippen LogP contribution in [0.3, 0.4) is 0 Å². The molecule has 34 valence electrons. The van der Waals surface area contributed by atoms with Gasteiger partial charge in [0.2, 0.25) is 0 Å². The molecule has 0 amide bonds. The summed E-state index contributed by atoms with van der Waals surface area (Å²) in [6, 6.07) is 0. The van der Waals surface area contributed by atoms with Crippen LogP contribution in [0, 0.1) is 0 Å². The highest BCUT2D eigenvalue weighted by atomic mass is 31.0. The molecule has 1 atom stereocenters. The summed E-state index contributed by atoms with van der Waals surface area (Å²) in [5.41, 5.74) is 0. The van der Waals surface area contributed by atoms with E-state index in [1.54, 1.807) is 0 Å². The monoisotopic (exact) mass is 103 g/mol. The van der Waals surface area contributed by atoms with Crippen molar-refractivity contribution in [1.29, 1.82) is 0 Å². The van der Waals surface area contributed by atoms with Crippen LogP contribution in [0.2, 0.25) is 0 Å². The number of hydrogen-bond donors (Lipinski definition) is 3. The third-order valence-electron chi connectivity index (χ3n) is 0.457. The second kappa shape index (κ2) is 1.78. The lowest BCUT2D eigenvalue weighted by molar-refractivity contribution is 0.923. The summed E-state index contributed by atoms with van der Waals surface area (Å²) in [6.07, 6.45) is 1.86. The van der Waals surface area contributed by atoms with Gasteiger partial charge in [-0.15, -0.1) is 0 Å². The first-order valence-electron chi connectivity index (χ1n) is 1.66. The molecule has 1 unspecified atom stereocenters. The van der Waals surface area contributed by atoms with E-state index < -0.39 is 0 Å². The van der Waals surface area contributed by atoms with Gasteiger partial charge in [0.15, 0.2) is 0 Å². The highest BCUT2D eigenvalue weighted by Crippen LogP contribution is 1.85. The number of rotatable bonds is 0. The van der Waals surface area contributed by atoms with Crippen molar-refractivity contribution in [3.05, 3.63) is 12.0 Å². The molecule has 0 aliphatic carbocycles. The van der Waals surface area contributed by atoms with Gasteiger partial charge in [-0.1, -0.05) is 8.35 Å². The molecule has 3 N–H and O–H groups in total. The van der Waals surface area contributed by atoms with Crippen LogP contribution in [0.4, 0.5) is 0 Å². The molecule has 0 saturated heterocycles. The molecular weight excluding hydrogens is 97.0 g/mol. The Bertz CT molecular complexity index is 80.7. The molecule has 1 aromatic rings. The lowest BCUT2D eigenvalue weighted by Gasteiger charge is -1.79. The maximum Gasteiger partial charge on any atom is 0.0244 e. The third kappa shape index (κ3) is 0.692. The molecule has 1 rings (SSSR count). The minimum atomic E-state index is 0.698. The molecule has 0 aliphatic rings. The molecular formula is C2H6N3P. The van der Waals surface area contributed by atoms with Gasteiger partial charge in [0.05, 0.1) is 0 Å². The Labute approximate surface area is 36.6 Å². The highest BCUT2D eigenvalue weighted by Gasteiger charge is 1.51. The van der Waals surface area contributed by atoms with Crippen molar-refractivity contribution in [3.8, 4) is 0 Å². The van der Waals surface area contributed by atoms with Crippen LogP contribution in [0.5, 0.6) is 0 Å². The third-order valence-corrected chi connectivity index (χ3v) is 1.06. The standard InChI is InChI=1S/C2H6N3P/c1-2-6-5-4-3-1/h1-6H. The minimum Gasteiger partial charge on any atom is -0.294 e. The van der Waals surface area contributed by atoms with Gasteiger partial charge < -0.3 is 0 Å². The van der Waals surface area contributed by atoms with E-state index in [0.29, 0.717) is 8.35 Å². The average molecular weight is 103 g/mol. The van der Waals surface area contributed by atoms with E-state index in [2.05, 4.69) is 15.2 Å². The number of aromatic nitrogens is 3. The number of hydrogen-bond acceptors (Lipinski definition) is 0. The zero-order valence-electron chi connectivity index (χ0n) is 3.15. The Morgan fingerprint density at radius 1 is 1.50 bits per heavy atom. The van der Waals surface area contributed by atoms with Crippen molar-refractivity contribution in [3.63, 3.8) is 0 Å². The molecule has 1 heterocycles. The van der Waals surface area contributed by atoms with E-state index in [-0.39, 0.29) is 0 Å². The van der Waals surface area contributed by atoms with Crippen molar-refractivity contribution in [2.24, 2.45) is 0 Å². The van der Waals surface area contributed by atoms with E-state index in [0.717, 1.165) is 0 Å². The van der Waals surface area contributed by atoms with E-state index >= 15 is 0 Å². The molecule has 4 heteroatoms. The maximum absolute atomic E-state index is 2.86. The normalized spacial score (nSPS) is 9.33. The van der Waals surface area contributed by atoms with Gasteiger partial charge in [-0.2, -0.15) is 0 Å². The van der Waals surface area contributed by atoms with Crippen molar-refractivity contribution in [2.75, 3.05) is 0 Å². The topological polar surface area (TPSA) is 47.4 Å². The first kappa shape index (κ1) is 3.62. The fourth-order valence-electron chi connectivity index (χ4n) is 0.239. The van der Waals surface area contributed by atoms with E-state index in [1.165, 1.54) is 0 Å². The Morgan fingerprint density at radius 2 is 2.50 bits per heavy atom. The number of nitrogens with one attached hydrogen (secondary N) is 3. The van der Waals surface area contributed by atoms with Crippen LogP contribution in [0.15, 0.2) is 12.0 Å². The van der Waals surface area contributed by atoms with Gasteiger partial charge >= 0.3 is 0 Å². The number of aromatic amines is 3. The molecule has 0 aliphatic heterocycles. The maximum atomic E-state index is 2.86. The molecule has 0 spiro atoms. The molecule has 0 saturated carbocycles. The Balaban J connectivity index is 3.00. The SMILES string of the molecule is c1c[pH][nH][nH][nH]1. The van der Waals surface area contributed by atoms with Crippen molar-refractivity contribution in [1.82, 2.24) is 15.2 Å². The van der Waals surface area contributed by atoms with Crippen LogP contribution in [0.25, 0.3) is 0 Å². The molecule has 0 radical (unpaired) electrons. The van der Waals surface area contributed by atoms with Crippen LogP contribution >= 0.6 is 8.35 Å². The summed E-state index contributed by atoms with van der Waals surface area (Å²) in [5, 5.41) is 5.46. The summed E-state index contributed by atoms with van der Waals surface area (Å²) in [6.45, 7) is 0. The second-order valence-corrected chi connectivity index (χ2v) is 1.74. The lowest BCUT2D eigenvalue weighted by Crippen LogP contribution is -1.73. The van der Waals surface area contributed by atoms with Crippen molar-refractivity contribution in [2.45, 2.75) is 0 Å². The molecule has 3 nitrogen and oxygen atoms in total. The van der Waals surface area contributed by atoms with Crippen LogP contribution < -0.4 is 0 Å². The van der Waals surface area contributed by atoms with Gasteiger partial charge in [-0.05, 0) is 5.80 Å². The van der Waals surface area contributed by atoms with Crippen LogP contribution in [-0.2, 0) is 0 Å². The first-order chi connectivity index (χ1) is 3.00. The van der Waals surface area contributed by atoms with Gasteiger partial charge in [0.25, 0.3) is 0 Å². The second-order valence-electron chi connectivity index (χ2n) is 0.872. The Hall–Kier alpha value is -0.560. The first-order valence-corrected chi connectivity index (χ1v) is 2.74. The summed E-state index contributed by atoms with van der Waals surface area (Å²) in [7, 11) is 0.698. The van der Waals surface area contributed by atoms with Crippen LogP contribution in [-0.4, -0.2) is 15.2 Å². The number of H-pyrrole nitrogens is 3. The summed E-state index contributed by atoms with van der Waals surface area (Å²) < 4.78 is 0. The zero-order valence-corrected chi connectivity index (χ0v) is 4.15. The van der Waals surface area contributed by atoms with Gasteiger partial charge in [-0.3, -0.25) is 9.96 Å². The average Bonchev–Trinajstić information content (AvgIpc) is 1.72. The predicted molar refractivity (Wildman–Crippen MR) is 26.6 cm³/mol. The summed E-state index contributed by atoms with van der Waals surface area (Å²) in [5.74, 6) is 2.01. The predicted octanol–water partition coefficient (Wildman–Crippen LogP) is 0.827. The van der Waals surface area contributed by atoms with E-state index in [1.807, 2.05) is 12.0 Å². The quantitative estimate of drug-likeness (QED) is 0.435. The fraction of sp³-hybridized carbons (Fsp3) is 0. The zero-order chi connectivity index (χ0) is 4.24. The largest absolute Gasteiger partial charge is 0.294 e. The van der Waals surface area contributed by atoms with E-state index in [9.17, 15) is 0 Å².